The van der Waals surface area contributed by atoms with Crippen LogP contribution in [-0.2, 0) is 0 Å². The topological polar surface area (TPSA) is 68.0 Å². The molecule has 0 aromatic carbocycles. The largest absolute Gasteiger partial charge is 0.345 e. The molecule has 0 spiro atoms. The molecule has 0 bridgehead atoms. The molecule has 2 rings (SSSR count). The maximum Gasteiger partial charge on any atom is 0.263 e. The Hall–Kier alpha value is -0.940. The molecule has 1 saturated carbocycles. The molecule has 0 unspecified atom stereocenters. The van der Waals surface area contributed by atoms with Crippen LogP contribution in [0, 0.1) is 6.92 Å². The number of aromatic nitrogens is 1. The van der Waals surface area contributed by atoms with Gasteiger partial charge < -0.3 is 11.1 Å². The van der Waals surface area contributed by atoms with E-state index in [9.17, 15) is 4.79 Å². The van der Waals surface area contributed by atoms with Crippen LogP contribution in [-0.4, -0.2) is 23.0 Å². The van der Waals surface area contributed by atoms with Crippen molar-refractivity contribution >= 4 is 17.2 Å². The summed E-state index contributed by atoms with van der Waals surface area (Å²) in [6, 6.07) is 0. The van der Waals surface area contributed by atoms with Gasteiger partial charge in [-0.3, -0.25) is 4.79 Å². The molecule has 1 aromatic heterocycles. The van der Waals surface area contributed by atoms with Crippen molar-refractivity contribution < 1.29 is 4.79 Å². The average Bonchev–Trinajstić information content (AvgIpc) is 3.14. The Bertz CT molecular complexity index is 479. The number of carbonyl (C=O) groups is 1. The van der Waals surface area contributed by atoms with E-state index in [0.29, 0.717) is 12.5 Å². The van der Waals surface area contributed by atoms with Crippen LogP contribution in [0.4, 0.5) is 0 Å². The summed E-state index contributed by atoms with van der Waals surface area (Å²) in [5, 5.41) is 4.29. The Morgan fingerprint density at radius 1 is 1.38 bits per heavy atom. The molecule has 1 heterocycles. The van der Waals surface area contributed by atoms with Crippen molar-refractivity contribution in [3.8, 4) is 0 Å². The van der Waals surface area contributed by atoms with E-state index in [0.717, 1.165) is 28.4 Å². The summed E-state index contributed by atoms with van der Waals surface area (Å²) >= 11 is 1.57. The average molecular weight is 309 g/mol. The molecule has 3 N–H and O–H groups in total. The van der Waals surface area contributed by atoms with Crippen molar-refractivity contribution in [3.05, 3.63) is 15.6 Å². The minimum absolute atomic E-state index is 0.0107. The second-order valence-corrected chi connectivity index (χ2v) is 7.12. The molecule has 4 nitrogen and oxygen atoms in total. The Morgan fingerprint density at radius 3 is 2.52 bits per heavy atom. The van der Waals surface area contributed by atoms with Crippen molar-refractivity contribution in [1.29, 1.82) is 0 Å². The van der Waals surface area contributed by atoms with Crippen molar-refractivity contribution in [3.63, 3.8) is 0 Å². The number of aryl methyl sites for hydroxylation is 1. The van der Waals surface area contributed by atoms with Gasteiger partial charge in [-0.1, -0.05) is 26.7 Å². The van der Waals surface area contributed by atoms with Gasteiger partial charge in [-0.15, -0.1) is 11.3 Å². The molecule has 1 aromatic rings. The first-order chi connectivity index (χ1) is 10.0. The molecule has 1 fully saturated rings. The number of carbonyl (C=O) groups excluding carboxylic acids is 1. The minimum atomic E-state index is -0.291. The number of nitrogens with two attached hydrogens (primary N) is 1. The van der Waals surface area contributed by atoms with Crippen LogP contribution in [0.1, 0.15) is 78.7 Å². The molecule has 0 aliphatic heterocycles. The number of thiazole rings is 1. The van der Waals surface area contributed by atoms with Gasteiger partial charge in [0.2, 0.25) is 0 Å². The first-order valence-electron chi connectivity index (χ1n) is 8.05. The maximum absolute atomic E-state index is 12.6. The number of hydrogen-bond acceptors (Lipinski definition) is 4. The standard InChI is InChI=1S/C16H27N3OS/c1-4-16(5-2,10-17)19-14(20)13-11(3)18-15(21-13)12-8-6-7-9-12/h12H,4-10,17H2,1-3H3,(H,19,20). The molecular weight excluding hydrogens is 282 g/mol. The van der Waals surface area contributed by atoms with E-state index in [-0.39, 0.29) is 11.4 Å². The Balaban J connectivity index is 2.15. The third kappa shape index (κ3) is 3.46. The molecule has 118 valence electrons. The van der Waals surface area contributed by atoms with Gasteiger partial charge in [-0.2, -0.15) is 0 Å². The third-order valence-corrected chi connectivity index (χ3v) is 6.17. The normalized spacial score (nSPS) is 16.4. The highest BCUT2D eigenvalue weighted by Crippen LogP contribution is 2.37. The summed E-state index contributed by atoms with van der Waals surface area (Å²) in [7, 11) is 0. The van der Waals surface area contributed by atoms with Crippen molar-refractivity contribution in [2.45, 2.75) is 70.8 Å². The van der Waals surface area contributed by atoms with Crippen LogP contribution in [0.2, 0.25) is 0 Å². The van der Waals surface area contributed by atoms with E-state index in [1.54, 1.807) is 11.3 Å². The lowest BCUT2D eigenvalue weighted by Crippen LogP contribution is -2.52. The second-order valence-electron chi connectivity index (χ2n) is 6.09. The third-order valence-electron chi connectivity index (χ3n) is 4.85. The van der Waals surface area contributed by atoms with Gasteiger partial charge in [0.05, 0.1) is 16.2 Å². The van der Waals surface area contributed by atoms with Crippen LogP contribution in [0.3, 0.4) is 0 Å². The number of nitrogens with one attached hydrogen (secondary N) is 1. The fourth-order valence-electron chi connectivity index (χ4n) is 3.04. The number of amides is 1. The zero-order chi connectivity index (χ0) is 15.5. The van der Waals surface area contributed by atoms with Crippen molar-refractivity contribution in [2.24, 2.45) is 5.73 Å². The summed E-state index contributed by atoms with van der Waals surface area (Å²) < 4.78 is 0. The lowest BCUT2D eigenvalue weighted by molar-refractivity contribution is 0.0898. The van der Waals surface area contributed by atoms with Crippen LogP contribution >= 0.6 is 11.3 Å². The van der Waals surface area contributed by atoms with Gasteiger partial charge in [0.1, 0.15) is 4.88 Å². The SMILES string of the molecule is CCC(CC)(CN)NC(=O)c1sc(C2CCCC2)nc1C. The maximum atomic E-state index is 12.6. The summed E-state index contributed by atoms with van der Waals surface area (Å²) in [5.41, 5.74) is 6.44. The van der Waals surface area contributed by atoms with E-state index in [2.05, 4.69) is 24.1 Å². The zero-order valence-electron chi connectivity index (χ0n) is 13.4. The molecule has 0 atom stereocenters. The molecule has 5 heteroatoms. The van der Waals surface area contributed by atoms with Crippen LogP contribution in [0.25, 0.3) is 0 Å². The summed E-state index contributed by atoms with van der Waals surface area (Å²) in [4.78, 5) is 18.0. The molecule has 0 saturated heterocycles. The number of hydrogen-bond donors (Lipinski definition) is 2. The Kier molecular flexibility index (Phi) is 5.38. The summed E-state index contributed by atoms with van der Waals surface area (Å²) in [6.07, 6.45) is 6.69. The van der Waals surface area contributed by atoms with Gasteiger partial charge in [-0.05, 0) is 32.6 Å². The van der Waals surface area contributed by atoms with E-state index >= 15 is 0 Å². The fourth-order valence-corrected chi connectivity index (χ4v) is 4.17. The molecule has 0 radical (unpaired) electrons. The molecule has 1 amide bonds. The lowest BCUT2D eigenvalue weighted by atomic mass is 9.93. The molecule has 21 heavy (non-hydrogen) atoms. The highest BCUT2D eigenvalue weighted by atomic mass is 32.1. The quantitative estimate of drug-likeness (QED) is 0.846. The van der Waals surface area contributed by atoms with E-state index in [4.69, 9.17) is 5.73 Å². The van der Waals surface area contributed by atoms with Crippen LogP contribution in [0.15, 0.2) is 0 Å². The highest BCUT2D eigenvalue weighted by Gasteiger charge is 2.29. The lowest BCUT2D eigenvalue weighted by Gasteiger charge is -2.31. The fraction of sp³-hybridized carbons (Fsp3) is 0.750. The first kappa shape index (κ1) is 16.4. The van der Waals surface area contributed by atoms with Gasteiger partial charge in [0.15, 0.2) is 0 Å². The second kappa shape index (κ2) is 6.88. The van der Waals surface area contributed by atoms with E-state index in [1.165, 1.54) is 25.7 Å². The number of nitrogens with zero attached hydrogens (tertiary/aromatic N) is 1. The monoisotopic (exact) mass is 309 g/mol. The van der Waals surface area contributed by atoms with Crippen molar-refractivity contribution in [1.82, 2.24) is 10.3 Å². The predicted molar refractivity (Wildman–Crippen MR) is 87.9 cm³/mol. The van der Waals surface area contributed by atoms with Crippen LogP contribution < -0.4 is 11.1 Å². The highest BCUT2D eigenvalue weighted by molar-refractivity contribution is 7.13. The molecular formula is C16H27N3OS. The van der Waals surface area contributed by atoms with Crippen molar-refractivity contribution in [2.75, 3.05) is 6.54 Å². The van der Waals surface area contributed by atoms with Crippen LogP contribution in [0.5, 0.6) is 0 Å². The van der Waals surface area contributed by atoms with E-state index < -0.39 is 0 Å². The Labute approximate surface area is 131 Å². The van der Waals surface area contributed by atoms with E-state index in [1.807, 2.05) is 6.92 Å². The summed E-state index contributed by atoms with van der Waals surface area (Å²) in [5.74, 6) is 0.551. The smallest absolute Gasteiger partial charge is 0.263 e. The van der Waals surface area contributed by atoms with Gasteiger partial charge >= 0.3 is 0 Å². The first-order valence-corrected chi connectivity index (χ1v) is 8.86. The van der Waals surface area contributed by atoms with Gasteiger partial charge in [0, 0.05) is 12.5 Å². The van der Waals surface area contributed by atoms with Gasteiger partial charge in [-0.25, -0.2) is 4.98 Å². The molecule has 1 aliphatic rings. The number of rotatable bonds is 6. The van der Waals surface area contributed by atoms with Gasteiger partial charge in [0.25, 0.3) is 5.91 Å². The Morgan fingerprint density at radius 2 is 2.00 bits per heavy atom. The predicted octanol–water partition coefficient (Wildman–Crippen LogP) is 3.36. The molecule has 1 aliphatic carbocycles. The minimum Gasteiger partial charge on any atom is -0.345 e. The summed E-state index contributed by atoms with van der Waals surface area (Å²) in [6.45, 7) is 6.55. The zero-order valence-corrected chi connectivity index (χ0v) is 14.2.